The minimum absolute atomic E-state index is 0.318. The first-order valence-corrected chi connectivity index (χ1v) is 7.37. The van der Waals surface area contributed by atoms with E-state index in [1.54, 1.807) is 16.7 Å². The summed E-state index contributed by atoms with van der Waals surface area (Å²) in [5.41, 5.74) is 0.987. The second-order valence-corrected chi connectivity index (χ2v) is 6.04. The molecule has 3 rings (SSSR count). The number of aromatic nitrogens is 3. The van der Waals surface area contributed by atoms with Crippen LogP contribution in [-0.2, 0) is 4.74 Å². The first-order valence-electron chi connectivity index (χ1n) is 5.95. The molecule has 0 N–H and O–H groups in total. The summed E-state index contributed by atoms with van der Waals surface area (Å²) < 4.78 is 6.53. The van der Waals surface area contributed by atoms with E-state index in [9.17, 15) is 4.79 Å². The standard InChI is InChI=1S/C12H12ClN3O2S/c1-18-12(17)7-5-8(13)10-14-15-11(16(10)6-7)9-3-2-4-19-9/h5-6,9H,2-4H2,1H3. The molecule has 0 amide bonds. The van der Waals surface area contributed by atoms with Gasteiger partial charge in [0.05, 0.1) is 22.9 Å². The predicted octanol–water partition coefficient (Wildman–Crippen LogP) is 2.74. The smallest absolute Gasteiger partial charge is 0.339 e. The highest BCUT2D eigenvalue weighted by Crippen LogP contribution is 2.39. The van der Waals surface area contributed by atoms with E-state index in [4.69, 9.17) is 16.3 Å². The first kappa shape index (κ1) is 12.7. The number of carbonyl (C=O) groups is 1. The normalized spacial score (nSPS) is 18.9. The van der Waals surface area contributed by atoms with Crippen molar-refractivity contribution in [1.82, 2.24) is 14.6 Å². The van der Waals surface area contributed by atoms with Gasteiger partial charge in [0.15, 0.2) is 11.5 Å². The van der Waals surface area contributed by atoms with Crippen LogP contribution in [0.3, 0.4) is 0 Å². The molecule has 0 aliphatic carbocycles. The molecule has 1 unspecified atom stereocenters. The second-order valence-electron chi connectivity index (χ2n) is 4.32. The minimum atomic E-state index is -0.414. The lowest BCUT2D eigenvalue weighted by Crippen LogP contribution is -2.05. The molecular formula is C12H12ClN3O2S. The van der Waals surface area contributed by atoms with Crippen LogP contribution in [0.2, 0.25) is 5.02 Å². The molecule has 2 aromatic heterocycles. The van der Waals surface area contributed by atoms with Crippen molar-refractivity contribution in [2.75, 3.05) is 12.9 Å². The fraction of sp³-hybridized carbons (Fsp3) is 0.417. The van der Waals surface area contributed by atoms with Crippen LogP contribution in [0.4, 0.5) is 0 Å². The number of hydrogen-bond acceptors (Lipinski definition) is 5. The summed E-state index contributed by atoms with van der Waals surface area (Å²) in [7, 11) is 1.35. The van der Waals surface area contributed by atoms with Gasteiger partial charge in [-0.2, -0.15) is 11.8 Å². The van der Waals surface area contributed by atoms with Gasteiger partial charge >= 0.3 is 5.97 Å². The lowest BCUT2D eigenvalue weighted by molar-refractivity contribution is 0.0600. The molecule has 1 aliphatic heterocycles. The molecule has 19 heavy (non-hydrogen) atoms. The van der Waals surface area contributed by atoms with Crippen LogP contribution in [0.5, 0.6) is 0 Å². The number of nitrogens with zero attached hydrogens (tertiary/aromatic N) is 3. The fourth-order valence-corrected chi connectivity index (χ4v) is 3.71. The van der Waals surface area contributed by atoms with Crippen LogP contribution in [0.15, 0.2) is 12.3 Å². The van der Waals surface area contributed by atoms with Gasteiger partial charge in [-0.1, -0.05) is 11.6 Å². The molecule has 100 valence electrons. The number of ether oxygens (including phenoxy) is 1. The van der Waals surface area contributed by atoms with Crippen LogP contribution in [0.1, 0.15) is 34.3 Å². The van der Waals surface area contributed by atoms with E-state index >= 15 is 0 Å². The van der Waals surface area contributed by atoms with Gasteiger partial charge in [0, 0.05) is 6.20 Å². The van der Waals surface area contributed by atoms with Gasteiger partial charge in [0.1, 0.15) is 0 Å². The Morgan fingerprint density at radius 3 is 3.11 bits per heavy atom. The number of carbonyl (C=O) groups excluding carboxylic acids is 1. The van der Waals surface area contributed by atoms with E-state index in [-0.39, 0.29) is 0 Å². The maximum Gasteiger partial charge on any atom is 0.339 e. The van der Waals surface area contributed by atoms with Gasteiger partial charge in [-0.05, 0) is 24.7 Å². The summed E-state index contributed by atoms with van der Waals surface area (Å²) in [6.07, 6.45) is 3.95. The largest absolute Gasteiger partial charge is 0.465 e. The van der Waals surface area contributed by atoms with Crippen LogP contribution in [0, 0.1) is 0 Å². The van der Waals surface area contributed by atoms with E-state index in [1.807, 2.05) is 11.8 Å². The minimum Gasteiger partial charge on any atom is -0.465 e. The highest BCUT2D eigenvalue weighted by atomic mass is 35.5. The molecule has 0 spiro atoms. The third-order valence-corrected chi connectivity index (χ3v) is 4.78. The summed E-state index contributed by atoms with van der Waals surface area (Å²) in [6, 6.07) is 1.56. The van der Waals surface area contributed by atoms with Crippen LogP contribution >= 0.6 is 23.4 Å². The molecule has 1 fully saturated rings. The molecule has 1 saturated heterocycles. The molecule has 3 heterocycles. The zero-order valence-corrected chi connectivity index (χ0v) is 11.9. The van der Waals surface area contributed by atoms with Crippen molar-refractivity contribution in [2.45, 2.75) is 18.1 Å². The van der Waals surface area contributed by atoms with Gasteiger partial charge in [0.25, 0.3) is 0 Å². The van der Waals surface area contributed by atoms with Crippen molar-refractivity contribution >= 4 is 35.0 Å². The van der Waals surface area contributed by atoms with E-state index in [1.165, 1.54) is 13.5 Å². The highest BCUT2D eigenvalue weighted by Gasteiger charge is 2.24. The van der Waals surface area contributed by atoms with E-state index in [0.717, 1.165) is 18.0 Å². The number of methoxy groups -OCH3 is 1. The molecular weight excluding hydrogens is 286 g/mol. The van der Waals surface area contributed by atoms with Crippen LogP contribution < -0.4 is 0 Å². The lowest BCUT2D eigenvalue weighted by Gasteiger charge is -2.08. The zero-order chi connectivity index (χ0) is 13.4. The summed E-state index contributed by atoms with van der Waals surface area (Å²) >= 11 is 8.00. The van der Waals surface area contributed by atoms with Gasteiger partial charge < -0.3 is 4.74 Å². The summed E-state index contributed by atoms with van der Waals surface area (Å²) in [5.74, 6) is 1.57. The molecule has 1 aliphatic rings. The zero-order valence-electron chi connectivity index (χ0n) is 10.3. The monoisotopic (exact) mass is 297 g/mol. The Morgan fingerprint density at radius 2 is 2.42 bits per heavy atom. The van der Waals surface area contributed by atoms with E-state index < -0.39 is 5.97 Å². The quantitative estimate of drug-likeness (QED) is 0.798. The first-order chi connectivity index (χ1) is 9.20. The number of hydrogen-bond donors (Lipinski definition) is 0. The van der Waals surface area contributed by atoms with Gasteiger partial charge in [-0.3, -0.25) is 4.40 Å². The van der Waals surface area contributed by atoms with Gasteiger partial charge in [-0.15, -0.1) is 10.2 Å². The number of rotatable bonds is 2. The average molecular weight is 298 g/mol. The maximum atomic E-state index is 11.6. The third kappa shape index (κ3) is 2.19. The SMILES string of the molecule is COC(=O)c1cc(Cl)c2nnc(C3CCCS3)n2c1. The number of fused-ring (bicyclic) bond motifs is 1. The summed E-state index contributed by atoms with van der Waals surface area (Å²) in [6.45, 7) is 0. The van der Waals surface area contributed by atoms with Crippen molar-refractivity contribution in [3.63, 3.8) is 0 Å². The molecule has 0 radical (unpaired) electrons. The highest BCUT2D eigenvalue weighted by molar-refractivity contribution is 7.99. The summed E-state index contributed by atoms with van der Waals surface area (Å²) in [5, 5.41) is 9.05. The Labute approximate surface area is 119 Å². The Morgan fingerprint density at radius 1 is 1.58 bits per heavy atom. The fourth-order valence-electron chi connectivity index (χ4n) is 2.20. The molecule has 7 heteroatoms. The topological polar surface area (TPSA) is 56.5 Å². The predicted molar refractivity (Wildman–Crippen MR) is 73.8 cm³/mol. The second kappa shape index (κ2) is 5.02. The Hall–Kier alpha value is -1.27. The summed E-state index contributed by atoms with van der Waals surface area (Å²) in [4.78, 5) is 11.6. The van der Waals surface area contributed by atoms with Crippen molar-refractivity contribution in [3.8, 4) is 0 Å². The number of thioether (sulfide) groups is 1. The van der Waals surface area contributed by atoms with E-state index in [2.05, 4.69) is 10.2 Å². The maximum absolute atomic E-state index is 11.6. The Balaban J connectivity index is 2.14. The molecule has 0 bridgehead atoms. The lowest BCUT2D eigenvalue weighted by atomic mass is 10.2. The molecule has 1 atom stereocenters. The van der Waals surface area contributed by atoms with Crippen molar-refractivity contribution in [3.05, 3.63) is 28.7 Å². The average Bonchev–Trinajstić information content (AvgIpc) is 3.05. The molecule has 2 aromatic rings. The number of pyridine rings is 1. The van der Waals surface area contributed by atoms with Gasteiger partial charge in [0.2, 0.25) is 0 Å². The van der Waals surface area contributed by atoms with E-state index in [0.29, 0.717) is 21.5 Å². The van der Waals surface area contributed by atoms with Gasteiger partial charge in [-0.25, -0.2) is 4.79 Å². The number of esters is 1. The molecule has 5 nitrogen and oxygen atoms in total. The molecule has 0 saturated carbocycles. The van der Waals surface area contributed by atoms with Crippen LogP contribution in [0.25, 0.3) is 5.65 Å². The Bertz CT molecular complexity index is 637. The van der Waals surface area contributed by atoms with Crippen LogP contribution in [-0.4, -0.2) is 33.4 Å². The molecule has 0 aromatic carbocycles. The van der Waals surface area contributed by atoms with Crippen molar-refractivity contribution in [2.24, 2.45) is 0 Å². The number of halogens is 1. The van der Waals surface area contributed by atoms with Crippen molar-refractivity contribution in [1.29, 1.82) is 0 Å². The Kier molecular flexibility index (Phi) is 3.36. The van der Waals surface area contributed by atoms with Crippen molar-refractivity contribution < 1.29 is 9.53 Å². The third-order valence-electron chi connectivity index (χ3n) is 3.12.